The van der Waals surface area contributed by atoms with Crippen LogP contribution in [0, 0.1) is 0 Å². The zero-order valence-electron chi connectivity index (χ0n) is 18.3. The van der Waals surface area contributed by atoms with Crippen LogP contribution in [0.4, 0.5) is 17.8 Å². The smallest absolute Gasteiger partial charge is 0.306 e. The fraction of sp³-hybridized carbons (Fsp3) is 0.737. The van der Waals surface area contributed by atoms with Gasteiger partial charge in [0.1, 0.15) is 11.2 Å². The van der Waals surface area contributed by atoms with Crippen LogP contribution in [0.1, 0.15) is 67.2 Å². The van der Waals surface area contributed by atoms with E-state index in [0.29, 0.717) is 50.7 Å². The van der Waals surface area contributed by atoms with Gasteiger partial charge in [-0.25, -0.2) is 0 Å². The normalized spacial score (nSPS) is 11.7. The molecule has 0 atom stereocenters. The minimum Gasteiger partial charge on any atom is -0.460 e. The molecule has 0 aliphatic heterocycles. The van der Waals surface area contributed by atoms with Gasteiger partial charge in [-0.05, 0) is 54.4 Å². The standard InChI is InChI=1S/C19H34N6O4/c1-18(2,3)28-13(26)9-7-11-21-16-23-15(20)24-17(25-16)22-12-8-10-14(27)29-19(4,5)6/h7-12H2,1-6H3,(H4,20,21,22,23,24,25). The molecule has 0 spiro atoms. The average molecular weight is 411 g/mol. The van der Waals surface area contributed by atoms with Crippen molar-refractivity contribution in [3.05, 3.63) is 0 Å². The number of ether oxygens (including phenoxy) is 2. The molecule has 0 fully saturated rings. The zero-order chi connectivity index (χ0) is 22.1. The number of hydrogen-bond donors (Lipinski definition) is 3. The van der Waals surface area contributed by atoms with E-state index in [1.807, 2.05) is 41.5 Å². The Kier molecular flexibility index (Phi) is 9.06. The highest BCUT2D eigenvalue weighted by Gasteiger charge is 2.16. The molecule has 0 radical (unpaired) electrons. The minimum absolute atomic E-state index is 0.0734. The first-order valence-electron chi connectivity index (χ1n) is 9.77. The SMILES string of the molecule is CC(C)(C)OC(=O)CCCNc1nc(N)nc(NCCCC(=O)OC(C)(C)C)n1. The number of carbonyl (C=O) groups excluding carboxylic acids is 2. The molecule has 1 rings (SSSR count). The molecule has 29 heavy (non-hydrogen) atoms. The number of esters is 2. The predicted molar refractivity (Wildman–Crippen MR) is 111 cm³/mol. The van der Waals surface area contributed by atoms with Crippen LogP contribution in [0.15, 0.2) is 0 Å². The second-order valence-corrected chi connectivity index (χ2v) is 8.57. The number of rotatable bonds is 10. The van der Waals surface area contributed by atoms with E-state index < -0.39 is 11.2 Å². The Morgan fingerprint density at radius 3 is 1.52 bits per heavy atom. The summed E-state index contributed by atoms with van der Waals surface area (Å²) in [6.07, 6.45) is 1.72. The van der Waals surface area contributed by atoms with E-state index in [0.717, 1.165) is 0 Å². The molecule has 0 saturated heterocycles. The number of nitrogens with zero attached hydrogens (tertiary/aromatic N) is 3. The average Bonchev–Trinajstić information content (AvgIpc) is 2.52. The summed E-state index contributed by atoms with van der Waals surface area (Å²) < 4.78 is 10.5. The zero-order valence-corrected chi connectivity index (χ0v) is 18.3. The number of carbonyl (C=O) groups is 2. The lowest BCUT2D eigenvalue weighted by Crippen LogP contribution is -2.24. The van der Waals surface area contributed by atoms with Gasteiger partial charge in [0.15, 0.2) is 0 Å². The molecule has 0 aliphatic carbocycles. The molecule has 1 heterocycles. The molecule has 0 bridgehead atoms. The summed E-state index contributed by atoms with van der Waals surface area (Å²) in [4.78, 5) is 35.7. The number of aromatic nitrogens is 3. The van der Waals surface area contributed by atoms with Crippen molar-refractivity contribution in [2.45, 2.75) is 78.4 Å². The third kappa shape index (κ3) is 12.4. The van der Waals surface area contributed by atoms with E-state index >= 15 is 0 Å². The van der Waals surface area contributed by atoms with Gasteiger partial charge < -0.3 is 25.8 Å². The van der Waals surface area contributed by atoms with E-state index in [4.69, 9.17) is 15.2 Å². The molecule has 10 heteroatoms. The van der Waals surface area contributed by atoms with Crippen LogP contribution in [0.5, 0.6) is 0 Å². The summed E-state index contributed by atoms with van der Waals surface area (Å²) in [5.41, 5.74) is 4.73. The monoisotopic (exact) mass is 410 g/mol. The Morgan fingerprint density at radius 1 is 0.793 bits per heavy atom. The quantitative estimate of drug-likeness (QED) is 0.389. The fourth-order valence-electron chi connectivity index (χ4n) is 2.20. The third-order valence-electron chi connectivity index (χ3n) is 3.17. The highest BCUT2D eigenvalue weighted by atomic mass is 16.6. The summed E-state index contributed by atoms with van der Waals surface area (Å²) >= 11 is 0. The molecule has 0 saturated carbocycles. The summed E-state index contributed by atoms with van der Waals surface area (Å²) in [6.45, 7) is 12.0. The van der Waals surface area contributed by atoms with E-state index in [1.165, 1.54) is 0 Å². The maximum atomic E-state index is 11.7. The number of nitrogens with one attached hydrogen (secondary N) is 2. The number of anilines is 3. The molecule has 0 aliphatic rings. The molecule has 4 N–H and O–H groups in total. The number of nitrogens with two attached hydrogens (primary N) is 1. The number of nitrogen functional groups attached to an aromatic ring is 1. The molecular weight excluding hydrogens is 376 g/mol. The van der Waals surface area contributed by atoms with Gasteiger partial charge in [-0.2, -0.15) is 15.0 Å². The van der Waals surface area contributed by atoms with E-state index in [2.05, 4.69) is 25.6 Å². The van der Waals surface area contributed by atoms with E-state index in [1.54, 1.807) is 0 Å². The van der Waals surface area contributed by atoms with Gasteiger partial charge in [0.2, 0.25) is 17.8 Å². The molecule has 0 amide bonds. The Bertz CT molecular complexity index is 628. The third-order valence-corrected chi connectivity index (χ3v) is 3.17. The largest absolute Gasteiger partial charge is 0.460 e. The first kappa shape index (κ1) is 24.4. The molecule has 0 unspecified atom stereocenters. The van der Waals surface area contributed by atoms with Crippen molar-refractivity contribution < 1.29 is 19.1 Å². The lowest BCUT2D eigenvalue weighted by molar-refractivity contribution is -0.156. The van der Waals surface area contributed by atoms with Crippen LogP contribution in [0.25, 0.3) is 0 Å². The highest BCUT2D eigenvalue weighted by molar-refractivity contribution is 5.70. The molecule has 164 valence electrons. The van der Waals surface area contributed by atoms with Crippen LogP contribution >= 0.6 is 0 Å². The maximum Gasteiger partial charge on any atom is 0.306 e. The van der Waals surface area contributed by atoms with Crippen LogP contribution in [0.2, 0.25) is 0 Å². The highest BCUT2D eigenvalue weighted by Crippen LogP contribution is 2.11. The van der Waals surface area contributed by atoms with E-state index in [9.17, 15) is 9.59 Å². The minimum atomic E-state index is -0.489. The topological polar surface area (TPSA) is 141 Å². The van der Waals surface area contributed by atoms with Crippen LogP contribution in [0.3, 0.4) is 0 Å². The van der Waals surface area contributed by atoms with Crippen molar-refractivity contribution in [3.63, 3.8) is 0 Å². The molecular formula is C19H34N6O4. The van der Waals surface area contributed by atoms with Crippen molar-refractivity contribution in [2.24, 2.45) is 0 Å². The summed E-state index contributed by atoms with van der Waals surface area (Å²) in [5.74, 6) is 0.209. The van der Waals surface area contributed by atoms with E-state index in [-0.39, 0.29) is 17.9 Å². The van der Waals surface area contributed by atoms with Crippen molar-refractivity contribution in [1.29, 1.82) is 0 Å². The van der Waals surface area contributed by atoms with Gasteiger partial charge in [-0.15, -0.1) is 0 Å². The van der Waals surface area contributed by atoms with Crippen molar-refractivity contribution in [3.8, 4) is 0 Å². The first-order valence-corrected chi connectivity index (χ1v) is 9.77. The van der Waals surface area contributed by atoms with Gasteiger partial charge in [-0.1, -0.05) is 0 Å². The molecule has 1 aromatic rings. The molecule has 10 nitrogen and oxygen atoms in total. The molecule has 1 aromatic heterocycles. The van der Waals surface area contributed by atoms with Crippen molar-refractivity contribution >= 4 is 29.8 Å². The molecule has 0 aromatic carbocycles. The van der Waals surface area contributed by atoms with Crippen molar-refractivity contribution in [2.75, 3.05) is 29.5 Å². The summed E-state index contributed by atoms with van der Waals surface area (Å²) in [6, 6.07) is 0. The van der Waals surface area contributed by atoms with Gasteiger partial charge >= 0.3 is 11.9 Å². The van der Waals surface area contributed by atoms with Gasteiger partial charge in [0.05, 0.1) is 0 Å². The second-order valence-electron chi connectivity index (χ2n) is 8.57. The van der Waals surface area contributed by atoms with Crippen LogP contribution in [-0.2, 0) is 19.1 Å². The Morgan fingerprint density at radius 2 is 1.17 bits per heavy atom. The maximum absolute atomic E-state index is 11.7. The van der Waals surface area contributed by atoms with Crippen LogP contribution in [-0.4, -0.2) is 51.2 Å². The van der Waals surface area contributed by atoms with Gasteiger partial charge in [-0.3, -0.25) is 9.59 Å². The Balaban J connectivity index is 2.37. The lowest BCUT2D eigenvalue weighted by atomic mass is 10.2. The Hall–Kier alpha value is -2.65. The van der Waals surface area contributed by atoms with Gasteiger partial charge in [0, 0.05) is 25.9 Å². The first-order chi connectivity index (χ1) is 13.3. The Labute approximate surface area is 172 Å². The second kappa shape index (κ2) is 10.8. The summed E-state index contributed by atoms with van der Waals surface area (Å²) in [5, 5.41) is 6.03. The van der Waals surface area contributed by atoms with Crippen molar-refractivity contribution in [1.82, 2.24) is 15.0 Å². The van der Waals surface area contributed by atoms with Gasteiger partial charge in [0.25, 0.3) is 0 Å². The fourth-order valence-corrected chi connectivity index (χ4v) is 2.20. The summed E-state index contributed by atoms with van der Waals surface area (Å²) in [7, 11) is 0. The number of hydrogen-bond acceptors (Lipinski definition) is 10. The van der Waals surface area contributed by atoms with Crippen LogP contribution < -0.4 is 16.4 Å². The lowest BCUT2D eigenvalue weighted by Gasteiger charge is -2.19. The predicted octanol–water partition coefficient (Wildman–Crippen LogP) is 2.52.